The molecule has 0 radical (unpaired) electrons. The summed E-state index contributed by atoms with van der Waals surface area (Å²) in [5.74, 6) is 2.36. The molecule has 1 unspecified atom stereocenters. The summed E-state index contributed by atoms with van der Waals surface area (Å²) in [7, 11) is 0. The molecule has 1 aliphatic rings. The zero-order chi connectivity index (χ0) is 44.0. The van der Waals surface area contributed by atoms with Crippen molar-refractivity contribution in [3.63, 3.8) is 0 Å². The Kier molecular flexibility index (Phi) is 8.83. The van der Waals surface area contributed by atoms with Crippen LogP contribution in [-0.4, -0.2) is 24.1 Å². The topological polar surface area (TPSA) is 48.5 Å². The van der Waals surface area contributed by atoms with Crippen molar-refractivity contribution in [1.82, 2.24) is 24.1 Å². The summed E-state index contributed by atoms with van der Waals surface area (Å²) >= 11 is 0. The van der Waals surface area contributed by atoms with E-state index >= 15 is 0 Å². The van der Waals surface area contributed by atoms with E-state index in [-0.39, 0.29) is 10.8 Å². The summed E-state index contributed by atoms with van der Waals surface area (Å²) < 4.78 is 4.76. The predicted octanol–water partition coefficient (Wildman–Crippen LogP) is 15.3. The van der Waals surface area contributed by atoms with Crippen LogP contribution in [-0.2, 0) is 10.8 Å². The molecular formula is C60H49N5. The second kappa shape index (κ2) is 14.7. The van der Waals surface area contributed by atoms with Crippen molar-refractivity contribution in [2.75, 3.05) is 0 Å². The van der Waals surface area contributed by atoms with Crippen LogP contribution in [0.3, 0.4) is 0 Å². The van der Waals surface area contributed by atoms with Crippen LogP contribution in [0.4, 0.5) is 0 Å². The van der Waals surface area contributed by atoms with Crippen molar-refractivity contribution in [2.24, 2.45) is 5.92 Å². The van der Waals surface area contributed by atoms with Crippen LogP contribution in [0.15, 0.2) is 188 Å². The van der Waals surface area contributed by atoms with Crippen LogP contribution < -0.4 is 0 Å². The molecule has 1 atom stereocenters. The Morgan fingerprint density at radius 2 is 0.938 bits per heavy atom. The first-order valence-corrected chi connectivity index (χ1v) is 22.8. The first-order valence-electron chi connectivity index (χ1n) is 22.8. The van der Waals surface area contributed by atoms with Gasteiger partial charge >= 0.3 is 0 Å². The second-order valence-corrected chi connectivity index (χ2v) is 19.2. The average Bonchev–Trinajstić information content (AvgIpc) is 3.87. The van der Waals surface area contributed by atoms with Crippen LogP contribution in [0.2, 0.25) is 0 Å². The van der Waals surface area contributed by atoms with Gasteiger partial charge in [-0.15, -0.1) is 0 Å². The molecule has 1 aliphatic carbocycles. The highest BCUT2D eigenvalue weighted by Crippen LogP contribution is 2.50. The van der Waals surface area contributed by atoms with E-state index in [0.29, 0.717) is 23.5 Å². The lowest BCUT2D eigenvalue weighted by atomic mass is 9.58. The molecule has 3 aromatic heterocycles. The van der Waals surface area contributed by atoms with E-state index in [1.165, 1.54) is 50.7 Å². The molecular weight excluding hydrogens is 791 g/mol. The molecule has 0 aliphatic heterocycles. The largest absolute Gasteiger partial charge is 0.309 e. The van der Waals surface area contributed by atoms with Crippen molar-refractivity contribution in [3.8, 4) is 56.7 Å². The Labute approximate surface area is 379 Å². The summed E-state index contributed by atoms with van der Waals surface area (Å²) in [5.41, 5.74) is 15.1. The lowest BCUT2D eigenvalue weighted by Gasteiger charge is -2.46. The summed E-state index contributed by atoms with van der Waals surface area (Å²) in [6.07, 6.45) is 1.17. The number of fused-ring (bicyclic) bond motifs is 8. The molecule has 314 valence electrons. The molecule has 0 bridgehead atoms. The van der Waals surface area contributed by atoms with Crippen LogP contribution in [0.25, 0.3) is 100 Å². The molecule has 11 aromatic rings. The molecule has 5 heteroatoms. The first-order chi connectivity index (χ1) is 31.6. The van der Waals surface area contributed by atoms with Crippen molar-refractivity contribution >= 4 is 43.6 Å². The van der Waals surface area contributed by atoms with Gasteiger partial charge in [0.1, 0.15) is 0 Å². The third-order valence-corrected chi connectivity index (χ3v) is 14.5. The van der Waals surface area contributed by atoms with Gasteiger partial charge in [-0.3, -0.25) is 4.57 Å². The highest BCUT2D eigenvalue weighted by atomic mass is 15.2. The molecule has 0 saturated heterocycles. The smallest absolute Gasteiger partial charge is 0.238 e. The fourth-order valence-electron chi connectivity index (χ4n) is 10.8. The van der Waals surface area contributed by atoms with Gasteiger partial charge in [-0.2, -0.15) is 9.97 Å². The number of para-hydroxylation sites is 2. The van der Waals surface area contributed by atoms with E-state index in [4.69, 9.17) is 15.0 Å². The highest BCUT2D eigenvalue weighted by molar-refractivity contribution is 6.26. The third-order valence-electron chi connectivity index (χ3n) is 14.5. The Hall–Kier alpha value is -7.63. The molecule has 65 heavy (non-hydrogen) atoms. The second-order valence-electron chi connectivity index (χ2n) is 19.2. The van der Waals surface area contributed by atoms with Gasteiger partial charge in [0.15, 0.2) is 11.6 Å². The molecule has 0 amide bonds. The Bertz CT molecular complexity index is 3510. The Balaban J connectivity index is 1.12. The normalized spacial score (nSPS) is 15.5. The van der Waals surface area contributed by atoms with E-state index in [9.17, 15) is 0 Å². The van der Waals surface area contributed by atoms with Gasteiger partial charge in [0.25, 0.3) is 0 Å². The maximum absolute atomic E-state index is 5.41. The number of rotatable bonds is 6. The number of benzene rings is 8. The maximum atomic E-state index is 5.41. The molecule has 12 rings (SSSR count). The van der Waals surface area contributed by atoms with E-state index in [2.05, 4.69) is 220 Å². The minimum atomic E-state index is 0.0388. The van der Waals surface area contributed by atoms with Gasteiger partial charge in [-0.05, 0) is 86.9 Å². The van der Waals surface area contributed by atoms with Gasteiger partial charge in [-0.25, -0.2) is 4.98 Å². The van der Waals surface area contributed by atoms with E-state index in [1.54, 1.807) is 0 Å². The summed E-state index contributed by atoms with van der Waals surface area (Å²) in [6, 6.07) is 67.5. The summed E-state index contributed by atoms with van der Waals surface area (Å²) in [6.45, 7) is 12.1. The number of hydrogen-bond acceptors (Lipinski definition) is 3. The summed E-state index contributed by atoms with van der Waals surface area (Å²) in [5, 5.41) is 4.66. The van der Waals surface area contributed by atoms with Gasteiger partial charge < -0.3 is 4.57 Å². The van der Waals surface area contributed by atoms with Crippen molar-refractivity contribution < 1.29 is 0 Å². The maximum Gasteiger partial charge on any atom is 0.238 e. The molecule has 0 spiro atoms. The quantitative estimate of drug-likeness (QED) is 0.168. The fourth-order valence-corrected chi connectivity index (χ4v) is 10.8. The zero-order valence-corrected chi connectivity index (χ0v) is 37.4. The number of nitrogens with zero attached hydrogens (tertiary/aromatic N) is 5. The van der Waals surface area contributed by atoms with E-state index < -0.39 is 0 Å². The first kappa shape index (κ1) is 39.0. The van der Waals surface area contributed by atoms with Crippen molar-refractivity contribution in [3.05, 3.63) is 199 Å². The Morgan fingerprint density at radius 1 is 0.431 bits per heavy atom. The highest BCUT2D eigenvalue weighted by Gasteiger charge is 2.42. The lowest BCUT2D eigenvalue weighted by molar-refractivity contribution is 0.233. The van der Waals surface area contributed by atoms with Crippen LogP contribution in [0, 0.1) is 5.92 Å². The third kappa shape index (κ3) is 6.24. The van der Waals surface area contributed by atoms with Crippen LogP contribution >= 0.6 is 0 Å². The number of hydrogen-bond donors (Lipinski definition) is 0. The van der Waals surface area contributed by atoms with Gasteiger partial charge in [-0.1, -0.05) is 192 Å². The molecule has 5 nitrogen and oxygen atoms in total. The Morgan fingerprint density at radius 3 is 1.54 bits per heavy atom. The monoisotopic (exact) mass is 839 g/mol. The van der Waals surface area contributed by atoms with Gasteiger partial charge in [0.05, 0.1) is 22.1 Å². The van der Waals surface area contributed by atoms with Gasteiger partial charge in [0, 0.05) is 38.4 Å². The van der Waals surface area contributed by atoms with Crippen molar-refractivity contribution in [2.45, 2.75) is 51.9 Å². The molecule has 3 heterocycles. The van der Waals surface area contributed by atoms with Gasteiger partial charge in [0.2, 0.25) is 5.95 Å². The van der Waals surface area contributed by atoms with E-state index in [0.717, 1.165) is 49.6 Å². The predicted molar refractivity (Wildman–Crippen MR) is 270 cm³/mol. The molecule has 0 fully saturated rings. The van der Waals surface area contributed by atoms with Crippen LogP contribution in [0.1, 0.15) is 52.2 Å². The zero-order valence-electron chi connectivity index (χ0n) is 37.4. The average molecular weight is 840 g/mol. The van der Waals surface area contributed by atoms with Crippen molar-refractivity contribution in [1.29, 1.82) is 0 Å². The lowest BCUT2D eigenvalue weighted by Crippen LogP contribution is -2.40. The standard InChI is InChI=1S/C60H49N5/c1-38-37-59(2,3)49-34-32-45(36-50(49)60(38,4)5)64-52-23-15-13-21-48(52)54-53(64)35-33-47-46-20-12-14-22-51(46)65(55(47)54)58-62-56(43-28-24-41(25-29-43)39-16-8-6-9-17-39)61-57(63-58)44-30-26-42(27-31-44)40-18-10-7-11-19-40/h6-36,38H,37H2,1-5H3. The molecule has 8 aromatic carbocycles. The SMILES string of the molecule is CC1CC(C)(C)c2ccc(-n3c4ccccc4c4c3ccc3c5ccccc5n(-c5nc(-c6ccc(-c7ccccc7)cc6)nc(-c6ccc(-c7ccccc7)cc6)n5)c34)cc2C1(C)C. The van der Waals surface area contributed by atoms with Crippen LogP contribution in [0.5, 0.6) is 0 Å². The molecule has 0 saturated carbocycles. The van der Waals surface area contributed by atoms with E-state index in [1.807, 2.05) is 12.1 Å². The minimum absolute atomic E-state index is 0.0388. The number of aromatic nitrogens is 5. The molecule has 0 N–H and O–H groups in total. The summed E-state index contributed by atoms with van der Waals surface area (Å²) in [4.78, 5) is 16.0. The minimum Gasteiger partial charge on any atom is -0.309 e. The fraction of sp³-hybridized carbons (Fsp3) is 0.150.